The molecule has 4 rings (SSSR count). The van der Waals surface area contributed by atoms with Crippen LogP contribution in [-0.4, -0.2) is 141 Å². The highest BCUT2D eigenvalue weighted by Gasteiger charge is 2.37. The average Bonchev–Trinajstić information content (AvgIpc) is 3.32. The SMILES string of the molecule is COC(=O)[C@@H]1Cc2ccc(OCCNC(=O)OC(C)(C)C)c(c2)-c2cc(ccc2OCCNC(=O)OC(C)(C)C)[C@H](N(C)C(=O)[C@H](CCNC(=O)OC(C)(C)C)NC(=O)c2ccc(C)cc2CC(N)=O)C(=O)N[C@@H](C)C(=O)N1. The highest BCUT2D eigenvalue weighted by Crippen LogP contribution is 2.40. The van der Waals surface area contributed by atoms with E-state index in [1.54, 1.807) is 106 Å². The Morgan fingerprint density at radius 1 is 0.705 bits per heavy atom. The van der Waals surface area contributed by atoms with Crippen LogP contribution in [-0.2, 0) is 55.8 Å². The molecule has 3 aromatic carbocycles. The number of aryl methyl sites for hydroxylation is 1. The molecule has 23 nitrogen and oxygen atoms in total. The van der Waals surface area contributed by atoms with E-state index in [4.69, 9.17) is 34.2 Å². The van der Waals surface area contributed by atoms with Crippen LogP contribution in [0.15, 0.2) is 54.6 Å². The number of amides is 8. The second kappa shape index (κ2) is 27.3. The average molecular weight is 1090 g/mol. The number of nitrogens with two attached hydrogens (primary N) is 1. The molecular weight excluding hydrogens is 1010 g/mol. The first-order valence-corrected chi connectivity index (χ1v) is 25.4. The summed E-state index contributed by atoms with van der Waals surface area (Å²) >= 11 is 0. The second-order valence-corrected chi connectivity index (χ2v) is 21.6. The molecule has 0 aliphatic carbocycles. The number of nitrogens with one attached hydrogen (secondary N) is 6. The van der Waals surface area contributed by atoms with Crippen molar-refractivity contribution < 1.29 is 71.6 Å². The number of carbonyl (C=O) groups excluding carboxylic acids is 9. The molecule has 0 saturated carbocycles. The maximum absolute atomic E-state index is 15.1. The number of ether oxygens (including phenoxy) is 6. The van der Waals surface area contributed by atoms with Crippen molar-refractivity contribution in [3.05, 3.63) is 82.4 Å². The molecule has 8 N–H and O–H groups in total. The van der Waals surface area contributed by atoms with Crippen LogP contribution in [0, 0.1) is 6.92 Å². The Morgan fingerprint density at radius 2 is 1.23 bits per heavy atom. The Morgan fingerprint density at radius 3 is 1.76 bits per heavy atom. The number of benzene rings is 3. The topological polar surface area (TPSA) is 310 Å². The van der Waals surface area contributed by atoms with Crippen molar-refractivity contribution in [1.82, 2.24) is 36.8 Å². The fourth-order valence-electron chi connectivity index (χ4n) is 7.90. The van der Waals surface area contributed by atoms with Gasteiger partial charge in [-0.05, 0) is 130 Å². The largest absolute Gasteiger partial charge is 0.491 e. The van der Waals surface area contributed by atoms with Crippen LogP contribution in [0.2, 0.25) is 0 Å². The maximum Gasteiger partial charge on any atom is 0.407 e. The van der Waals surface area contributed by atoms with E-state index >= 15 is 4.79 Å². The number of rotatable bonds is 18. The Hall–Kier alpha value is -8.11. The fraction of sp³-hybridized carbons (Fsp3) is 0.509. The molecule has 0 spiro atoms. The lowest BCUT2D eigenvalue weighted by Crippen LogP contribution is -2.55. The third-order valence-corrected chi connectivity index (χ3v) is 11.3. The monoisotopic (exact) mass is 1090 g/mol. The van der Waals surface area contributed by atoms with Crippen molar-refractivity contribution in [3.8, 4) is 22.6 Å². The molecule has 1 heterocycles. The van der Waals surface area contributed by atoms with Crippen LogP contribution in [0.1, 0.15) is 114 Å². The van der Waals surface area contributed by atoms with E-state index in [0.29, 0.717) is 16.7 Å². The van der Waals surface area contributed by atoms with Gasteiger partial charge < -0.3 is 71.0 Å². The van der Waals surface area contributed by atoms with E-state index in [1.807, 2.05) is 0 Å². The van der Waals surface area contributed by atoms with Crippen molar-refractivity contribution in [1.29, 1.82) is 0 Å². The molecule has 0 saturated heterocycles. The van der Waals surface area contributed by atoms with E-state index in [2.05, 4.69) is 31.9 Å². The Kier molecular flexibility index (Phi) is 21.8. The Balaban J connectivity index is 1.92. The highest BCUT2D eigenvalue weighted by molar-refractivity contribution is 6.01. The van der Waals surface area contributed by atoms with Gasteiger partial charge in [0.05, 0.1) is 26.6 Å². The number of esters is 1. The highest BCUT2D eigenvalue weighted by atomic mass is 16.6. The zero-order valence-electron chi connectivity index (χ0n) is 46.8. The van der Waals surface area contributed by atoms with Crippen LogP contribution in [0.25, 0.3) is 11.1 Å². The minimum absolute atomic E-state index is 0.000979. The third-order valence-electron chi connectivity index (χ3n) is 11.3. The van der Waals surface area contributed by atoms with Gasteiger partial charge in [0.2, 0.25) is 23.6 Å². The van der Waals surface area contributed by atoms with Crippen LogP contribution < -0.4 is 47.1 Å². The molecule has 0 radical (unpaired) electrons. The van der Waals surface area contributed by atoms with Crippen LogP contribution >= 0.6 is 0 Å². The summed E-state index contributed by atoms with van der Waals surface area (Å²) in [7, 11) is 2.48. The predicted molar refractivity (Wildman–Crippen MR) is 286 cm³/mol. The lowest BCUT2D eigenvalue weighted by molar-refractivity contribution is -0.145. The van der Waals surface area contributed by atoms with Crippen molar-refractivity contribution in [2.45, 2.75) is 136 Å². The minimum atomic E-state index is -1.60. The summed E-state index contributed by atoms with van der Waals surface area (Å²) < 4.78 is 33.8. The van der Waals surface area contributed by atoms with E-state index in [9.17, 15) is 38.4 Å². The van der Waals surface area contributed by atoms with Gasteiger partial charge in [-0.2, -0.15) is 0 Å². The summed E-state index contributed by atoms with van der Waals surface area (Å²) in [6.45, 7) is 18.1. The molecule has 1 aliphatic rings. The number of likely N-dealkylation sites (N-methyl/N-ethyl adjacent to an activating group) is 1. The normalized spacial score (nSPS) is 16.0. The summed E-state index contributed by atoms with van der Waals surface area (Å²) in [6, 6.07) is 8.72. The third kappa shape index (κ3) is 19.8. The van der Waals surface area contributed by atoms with Gasteiger partial charge in [0.25, 0.3) is 5.91 Å². The molecule has 8 amide bonds. The Bertz CT molecular complexity index is 2690. The molecule has 0 fully saturated rings. The first kappa shape index (κ1) is 62.4. The van der Waals surface area contributed by atoms with E-state index < -0.39 is 94.8 Å². The van der Waals surface area contributed by atoms with Crippen molar-refractivity contribution in [2.24, 2.45) is 5.73 Å². The number of fused-ring (bicyclic) bond motifs is 5. The van der Waals surface area contributed by atoms with Crippen molar-refractivity contribution in [2.75, 3.05) is 47.0 Å². The Labute approximate surface area is 455 Å². The predicted octanol–water partition coefficient (Wildman–Crippen LogP) is 4.43. The number of nitrogens with zero attached hydrogens (tertiary/aromatic N) is 1. The molecule has 23 heteroatoms. The summed E-state index contributed by atoms with van der Waals surface area (Å²) in [6.07, 6.45) is -2.79. The zero-order chi connectivity index (χ0) is 58.3. The first-order chi connectivity index (χ1) is 36.3. The van der Waals surface area contributed by atoms with Crippen LogP contribution in [0.5, 0.6) is 11.5 Å². The smallest absolute Gasteiger partial charge is 0.407 e. The maximum atomic E-state index is 15.1. The van der Waals surface area contributed by atoms with E-state index in [0.717, 1.165) is 17.6 Å². The molecule has 3 aromatic rings. The molecule has 0 aromatic heterocycles. The van der Waals surface area contributed by atoms with E-state index in [1.165, 1.54) is 32.2 Å². The number of primary amides is 1. The number of methoxy groups -OCH3 is 1. The van der Waals surface area contributed by atoms with Crippen molar-refractivity contribution >= 4 is 53.8 Å². The minimum Gasteiger partial charge on any atom is -0.491 e. The number of hydrogen-bond acceptors (Lipinski definition) is 15. The summed E-state index contributed by atoms with van der Waals surface area (Å²) in [5, 5.41) is 16.0. The van der Waals surface area contributed by atoms with Gasteiger partial charge >= 0.3 is 24.2 Å². The molecule has 0 unspecified atom stereocenters. The second-order valence-electron chi connectivity index (χ2n) is 21.6. The molecule has 426 valence electrons. The lowest BCUT2D eigenvalue weighted by atomic mass is 9.93. The van der Waals surface area contributed by atoms with Gasteiger partial charge in [0, 0.05) is 36.7 Å². The fourth-order valence-corrected chi connectivity index (χ4v) is 7.90. The van der Waals surface area contributed by atoms with Gasteiger partial charge in [-0.15, -0.1) is 0 Å². The molecule has 4 bridgehead atoms. The lowest BCUT2D eigenvalue weighted by Gasteiger charge is -2.33. The standard InChI is InChI=1S/C55H76N8O15/c1-31-14-17-36(35(26-31)30-43(56)64)46(66)61-39(20-21-57-50(70)76-53(3,4)5)48(68)63(12)44-34-16-19-42(75-25-23-59-52(72)78-55(9,10)11)38(29-34)37-27-33(15-18-41(37)74-24-22-58-51(71)77-54(6,7)8)28-40(49(69)73-13)62-45(65)32(2)60-47(44)67/h14-19,26-27,29,32,39-40,44H,20-25,28,30H2,1-13H3,(H2,56,64)(H,57,70)(H,58,71)(H,59,72)(H,60,67)(H,61,66)(H,62,65)/t32-,39-,40-,44-/m0/s1. The molecule has 4 atom stereocenters. The summed E-state index contributed by atoms with van der Waals surface area (Å²) in [5.41, 5.74) is 5.49. The van der Waals surface area contributed by atoms with Gasteiger partial charge in [0.15, 0.2) is 0 Å². The number of carbonyl (C=O) groups is 9. The molecule has 78 heavy (non-hydrogen) atoms. The first-order valence-electron chi connectivity index (χ1n) is 25.4. The quantitative estimate of drug-likeness (QED) is 0.0527. The number of alkyl carbamates (subject to hydrolysis) is 3. The number of hydrogen-bond donors (Lipinski definition) is 7. The van der Waals surface area contributed by atoms with Crippen molar-refractivity contribution in [3.63, 3.8) is 0 Å². The summed E-state index contributed by atoms with van der Waals surface area (Å²) in [4.78, 5) is 123. The van der Waals surface area contributed by atoms with Gasteiger partial charge in [-0.25, -0.2) is 19.2 Å². The van der Waals surface area contributed by atoms with Gasteiger partial charge in [-0.1, -0.05) is 29.8 Å². The molecule has 1 aliphatic heterocycles. The van der Waals surface area contributed by atoms with Gasteiger partial charge in [-0.3, -0.25) is 24.0 Å². The zero-order valence-corrected chi connectivity index (χ0v) is 46.8. The van der Waals surface area contributed by atoms with Crippen LogP contribution in [0.3, 0.4) is 0 Å². The molecular formula is C55H76N8O15. The summed E-state index contributed by atoms with van der Waals surface area (Å²) in [5.74, 6) is -4.31. The van der Waals surface area contributed by atoms with Crippen LogP contribution in [0.4, 0.5) is 14.4 Å². The van der Waals surface area contributed by atoms with E-state index in [-0.39, 0.29) is 80.3 Å². The van der Waals surface area contributed by atoms with Gasteiger partial charge in [0.1, 0.15) is 65.7 Å².